The number of aromatic carboxylic acids is 3. The highest BCUT2D eigenvalue weighted by molar-refractivity contribution is 5.95. The zero-order chi connectivity index (χ0) is 35.0. The molecule has 2 aromatic carbocycles. The fourth-order valence-corrected chi connectivity index (χ4v) is 4.99. The largest absolute Gasteiger partial charge is 0.478 e. The summed E-state index contributed by atoms with van der Waals surface area (Å²) < 4.78 is 47.8. The van der Waals surface area contributed by atoms with Gasteiger partial charge in [-0.25, -0.2) is 14.4 Å². The summed E-state index contributed by atoms with van der Waals surface area (Å²) in [5.74, 6) is -6.76. The van der Waals surface area contributed by atoms with Gasteiger partial charge in [-0.05, 0) is 49.2 Å². The minimum absolute atomic E-state index is 0.334. The highest BCUT2D eigenvalue weighted by Crippen LogP contribution is 2.37. The van der Waals surface area contributed by atoms with Crippen molar-refractivity contribution in [3.63, 3.8) is 0 Å². The molecule has 47 heavy (non-hydrogen) atoms. The molecule has 0 radical (unpaired) electrons. The Hall–Kier alpha value is -4.19. The van der Waals surface area contributed by atoms with E-state index in [4.69, 9.17) is 4.74 Å². The monoisotopic (exact) mass is 664 g/mol. The van der Waals surface area contributed by atoms with E-state index in [0.29, 0.717) is 6.42 Å². The Labute approximate surface area is 272 Å². The molecule has 0 aromatic heterocycles. The van der Waals surface area contributed by atoms with Crippen molar-refractivity contribution in [3.8, 4) is 11.5 Å². The normalized spacial score (nSPS) is 13.0. The zero-order valence-corrected chi connectivity index (χ0v) is 26.5. The van der Waals surface area contributed by atoms with Gasteiger partial charge in [0.2, 0.25) is 5.60 Å². The molecule has 0 aliphatic heterocycles. The van der Waals surface area contributed by atoms with Crippen LogP contribution in [0.4, 0.5) is 13.2 Å². The molecule has 9 nitrogen and oxygen atoms in total. The van der Waals surface area contributed by atoms with Gasteiger partial charge in [0.1, 0.15) is 11.5 Å². The Kier molecular flexibility index (Phi) is 15.6. The topological polar surface area (TPSA) is 158 Å². The van der Waals surface area contributed by atoms with Gasteiger partial charge in [-0.15, -0.1) is 0 Å². The Morgan fingerprint density at radius 3 is 1.70 bits per heavy atom. The van der Waals surface area contributed by atoms with Crippen LogP contribution >= 0.6 is 0 Å². The number of aliphatic hydroxyl groups is 1. The number of ketones is 1. The van der Waals surface area contributed by atoms with Crippen LogP contribution in [0.25, 0.3) is 0 Å². The summed E-state index contributed by atoms with van der Waals surface area (Å²) in [6.45, 7) is 2.18. The Balaban J connectivity index is 2.11. The molecule has 0 aliphatic carbocycles. The van der Waals surface area contributed by atoms with Crippen molar-refractivity contribution in [2.45, 2.75) is 109 Å². The third-order valence-electron chi connectivity index (χ3n) is 7.77. The van der Waals surface area contributed by atoms with Gasteiger partial charge in [-0.1, -0.05) is 83.3 Å². The standard InChI is InChI=1S/C35H43F3O9/c1-2-3-4-5-6-7-8-9-10-11-12-13-14-15-18-34(46,35(36,37)38)30(39)23-25-19-24(31(40)41)16-17-29(25)47-28-21-26(32(42)43)20-27(22-28)33(44)45/h14-17,19-22,46H,2-13,18,23H2,1H3,(H,40,41)(H,42,43)(H,44,45)/b15-14+. The second-order valence-corrected chi connectivity index (χ2v) is 11.5. The summed E-state index contributed by atoms with van der Waals surface area (Å²) >= 11 is 0. The molecular formula is C35H43F3O9. The van der Waals surface area contributed by atoms with Crippen molar-refractivity contribution < 1.29 is 57.5 Å². The molecule has 12 heteroatoms. The third-order valence-corrected chi connectivity index (χ3v) is 7.77. The van der Waals surface area contributed by atoms with E-state index in [1.807, 2.05) is 0 Å². The minimum Gasteiger partial charge on any atom is -0.478 e. The lowest BCUT2D eigenvalue weighted by molar-refractivity contribution is -0.249. The first-order valence-corrected chi connectivity index (χ1v) is 15.8. The molecule has 1 atom stereocenters. The molecule has 0 bridgehead atoms. The fraction of sp³-hybridized carbons (Fsp3) is 0.486. The average molecular weight is 665 g/mol. The van der Waals surface area contributed by atoms with Crippen LogP contribution in [0.3, 0.4) is 0 Å². The van der Waals surface area contributed by atoms with Crippen LogP contribution < -0.4 is 4.74 Å². The summed E-state index contributed by atoms with van der Waals surface area (Å²) in [5.41, 5.74) is -5.46. The lowest BCUT2D eigenvalue weighted by Gasteiger charge is -2.28. The number of hydrogen-bond acceptors (Lipinski definition) is 6. The number of benzene rings is 2. The van der Waals surface area contributed by atoms with Gasteiger partial charge in [-0.2, -0.15) is 13.2 Å². The van der Waals surface area contributed by atoms with Crippen LogP contribution in [0.2, 0.25) is 0 Å². The lowest BCUT2D eigenvalue weighted by atomic mass is 9.88. The summed E-state index contributed by atoms with van der Waals surface area (Å²) in [7, 11) is 0. The van der Waals surface area contributed by atoms with Crippen molar-refractivity contribution in [2.75, 3.05) is 0 Å². The molecule has 1 unspecified atom stereocenters. The average Bonchev–Trinajstić information content (AvgIpc) is 3.00. The van der Waals surface area contributed by atoms with Gasteiger partial charge >= 0.3 is 24.1 Å². The van der Waals surface area contributed by atoms with E-state index >= 15 is 0 Å². The number of ether oxygens (including phenoxy) is 1. The maximum atomic E-state index is 14.1. The molecule has 0 spiro atoms. The van der Waals surface area contributed by atoms with Crippen molar-refractivity contribution in [3.05, 3.63) is 70.8 Å². The van der Waals surface area contributed by atoms with Crippen molar-refractivity contribution in [1.82, 2.24) is 0 Å². The van der Waals surface area contributed by atoms with E-state index in [1.165, 1.54) is 44.6 Å². The van der Waals surface area contributed by atoms with E-state index in [9.17, 15) is 52.8 Å². The van der Waals surface area contributed by atoms with Crippen LogP contribution in [0, 0.1) is 0 Å². The number of carboxylic acids is 3. The number of unbranched alkanes of at least 4 members (excludes halogenated alkanes) is 11. The minimum atomic E-state index is -5.36. The molecule has 0 saturated heterocycles. The fourth-order valence-electron chi connectivity index (χ4n) is 4.99. The second kappa shape index (κ2) is 18.8. The lowest BCUT2D eigenvalue weighted by Crippen LogP contribution is -2.52. The number of allylic oxidation sites excluding steroid dienone is 1. The second-order valence-electron chi connectivity index (χ2n) is 11.5. The van der Waals surface area contributed by atoms with E-state index in [2.05, 4.69) is 6.92 Å². The van der Waals surface area contributed by atoms with Gasteiger partial charge in [0.25, 0.3) is 0 Å². The molecule has 0 aliphatic rings. The molecule has 0 fully saturated rings. The van der Waals surface area contributed by atoms with Crippen molar-refractivity contribution in [1.29, 1.82) is 0 Å². The SMILES string of the molecule is CCCCCCCCCCCCC/C=C/CC(O)(C(=O)Cc1cc(C(=O)O)ccc1Oc1cc(C(=O)O)cc(C(=O)O)c1)C(F)(F)F. The van der Waals surface area contributed by atoms with Crippen molar-refractivity contribution >= 4 is 23.7 Å². The Bertz CT molecular complexity index is 1370. The molecule has 2 aromatic rings. The van der Waals surface area contributed by atoms with Crippen LogP contribution in [-0.4, -0.2) is 55.9 Å². The van der Waals surface area contributed by atoms with Gasteiger partial charge < -0.3 is 25.2 Å². The maximum Gasteiger partial charge on any atom is 0.424 e. The Morgan fingerprint density at radius 1 is 0.702 bits per heavy atom. The highest BCUT2D eigenvalue weighted by Gasteiger charge is 2.58. The number of alkyl halides is 3. The Morgan fingerprint density at radius 2 is 1.21 bits per heavy atom. The first kappa shape index (κ1) is 39.0. The molecule has 4 N–H and O–H groups in total. The van der Waals surface area contributed by atoms with Gasteiger partial charge in [0.15, 0.2) is 5.78 Å². The van der Waals surface area contributed by atoms with Gasteiger partial charge in [-0.3, -0.25) is 4.79 Å². The molecule has 0 heterocycles. The predicted octanol–water partition coefficient (Wildman–Crippen LogP) is 8.63. The molecular weight excluding hydrogens is 621 g/mol. The third kappa shape index (κ3) is 12.5. The van der Waals surface area contributed by atoms with Crippen molar-refractivity contribution in [2.24, 2.45) is 0 Å². The van der Waals surface area contributed by atoms with Crippen LogP contribution in [0.5, 0.6) is 11.5 Å². The summed E-state index contributed by atoms with van der Waals surface area (Å²) in [6.07, 6.45) is 7.96. The predicted molar refractivity (Wildman–Crippen MR) is 168 cm³/mol. The van der Waals surface area contributed by atoms with Crippen LogP contribution in [-0.2, 0) is 11.2 Å². The molecule has 258 valence electrons. The summed E-state index contributed by atoms with van der Waals surface area (Å²) in [4.78, 5) is 47.5. The summed E-state index contributed by atoms with van der Waals surface area (Å²) in [6, 6.07) is 5.76. The van der Waals surface area contributed by atoms with Crippen LogP contribution in [0.15, 0.2) is 48.6 Å². The first-order valence-electron chi connectivity index (χ1n) is 15.8. The van der Waals surface area contributed by atoms with E-state index in [1.54, 1.807) is 0 Å². The quantitative estimate of drug-likeness (QED) is 0.0714. The van der Waals surface area contributed by atoms with E-state index in [-0.39, 0.29) is 17.1 Å². The number of hydrogen-bond donors (Lipinski definition) is 4. The zero-order valence-electron chi connectivity index (χ0n) is 26.5. The summed E-state index contributed by atoms with van der Waals surface area (Å²) in [5, 5.41) is 38.7. The number of carboxylic acid groups (broad SMARTS) is 3. The van der Waals surface area contributed by atoms with Gasteiger partial charge in [0, 0.05) is 18.4 Å². The van der Waals surface area contributed by atoms with E-state index in [0.717, 1.165) is 74.6 Å². The maximum absolute atomic E-state index is 14.1. The smallest absolute Gasteiger partial charge is 0.424 e. The molecule has 2 rings (SSSR count). The number of halogens is 3. The number of carbonyl (C=O) groups is 4. The number of rotatable bonds is 22. The number of Topliss-reactive ketones (excluding diaryl/α,β-unsaturated/α-hetero) is 1. The van der Waals surface area contributed by atoms with E-state index < -0.39 is 65.0 Å². The van der Waals surface area contributed by atoms with Crippen LogP contribution in [0.1, 0.15) is 127 Å². The van der Waals surface area contributed by atoms with Gasteiger partial charge in [0.05, 0.1) is 16.7 Å². The first-order chi connectivity index (χ1) is 22.2. The molecule has 0 saturated carbocycles. The highest BCUT2D eigenvalue weighted by atomic mass is 19.4. The molecule has 0 amide bonds. The number of carbonyl (C=O) groups excluding carboxylic acids is 1.